The van der Waals surface area contributed by atoms with Crippen LogP contribution < -0.4 is 5.32 Å². The van der Waals surface area contributed by atoms with Crippen LogP contribution in [0.2, 0.25) is 0 Å². The van der Waals surface area contributed by atoms with Gasteiger partial charge in [0.1, 0.15) is 5.82 Å². The van der Waals surface area contributed by atoms with Gasteiger partial charge >= 0.3 is 0 Å². The molecule has 0 atom stereocenters. The van der Waals surface area contributed by atoms with Gasteiger partial charge in [0.2, 0.25) is 0 Å². The number of nitrogens with one attached hydrogen (secondary N) is 1. The predicted molar refractivity (Wildman–Crippen MR) is 168 cm³/mol. The zero-order valence-electron chi connectivity index (χ0n) is 22.2. The summed E-state index contributed by atoms with van der Waals surface area (Å²) in [7, 11) is 0. The summed E-state index contributed by atoms with van der Waals surface area (Å²) < 4.78 is 2.32. The second-order valence-corrected chi connectivity index (χ2v) is 10.2. The Morgan fingerprint density at radius 3 is 1.76 bits per heavy atom. The molecule has 0 bridgehead atoms. The SMILES string of the molecule is C1=C(c2nc(-c3ccccc3)nc(-c3ccccc3)n2)CNC(n2c3ccccc3c3cc4ccccc4cc32)=C1. The van der Waals surface area contributed by atoms with E-state index < -0.39 is 0 Å². The maximum Gasteiger partial charge on any atom is 0.164 e. The van der Waals surface area contributed by atoms with Crippen molar-refractivity contribution in [3.63, 3.8) is 0 Å². The minimum Gasteiger partial charge on any atom is -0.367 e. The molecule has 1 aliphatic rings. The van der Waals surface area contributed by atoms with Crippen molar-refractivity contribution in [3.8, 4) is 22.8 Å². The molecule has 0 spiro atoms. The van der Waals surface area contributed by atoms with Crippen molar-refractivity contribution in [1.29, 1.82) is 0 Å². The third kappa shape index (κ3) is 4.07. The zero-order valence-corrected chi connectivity index (χ0v) is 22.2. The molecule has 0 aliphatic carbocycles. The van der Waals surface area contributed by atoms with E-state index >= 15 is 0 Å². The number of benzene rings is 5. The van der Waals surface area contributed by atoms with Gasteiger partial charge in [-0.3, -0.25) is 4.57 Å². The molecule has 0 amide bonds. The molecule has 0 radical (unpaired) electrons. The summed E-state index contributed by atoms with van der Waals surface area (Å²) in [6.45, 7) is 0.597. The van der Waals surface area contributed by atoms with E-state index in [1.807, 2.05) is 60.7 Å². The fourth-order valence-electron chi connectivity index (χ4n) is 5.66. The highest BCUT2D eigenvalue weighted by molar-refractivity contribution is 6.14. The first kappa shape index (κ1) is 23.3. The molecule has 0 saturated heterocycles. The first-order valence-electron chi connectivity index (χ1n) is 13.8. The van der Waals surface area contributed by atoms with Gasteiger partial charge in [0.25, 0.3) is 0 Å². The Morgan fingerprint density at radius 2 is 1.10 bits per heavy atom. The average molecular weight is 528 g/mol. The molecule has 3 heterocycles. The topological polar surface area (TPSA) is 55.6 Å². The summed E-state index contributed by atoms with van der Waals surface area (Å²) in [5, 5.41) is 8.63. The van der Waals surface area contributed by atoms with E-state index in [4.69, 9.17) is 15.0 Å². The summed E-state index contributed by atoms with van der Waals surface area (Å²) in [6, 6.07) is 41.9. The molecule has 0 unspecified atom stereocenters. The summed E-state index contributed by atoms with van der Waals surface area (Å²) in [6.07, 6.45) is 4.26. The van der Waals surface area contributed by atoms with Gasteiger partial charge in [-0.15, -0.1) is 0 Å². The number of fused-ring (bicyclic) bond motifs is 4. The highest BCUT2D eigenvalue weighted by atomic mass is 15.2. The fraction of sp³-hybridized carbons (Fsp3) is 0.0278. The first-order chi connectivity index (χ1) is 20.3. The van der Waals surface area contributed by atoms with Crippen molar-refractivity contribution in [3.05, 3.63) is 139 Å². The molecular weight excluding hydrogens is 502 g/mol. The van der Waals surface area contributed by atoms with E-state index in [-0.39, 0.29) is 0 Å². The second-order valence-electron chi connectivity index (χ2n) is 10.2. The Morgan fingerprint density at radius 1 is 0.512 bits per heavy atom. The van der Waals surface area contributed by atoms with Crippen LogP contribution in [0.25, 0.3) is 66.7 Å². The predicted octanol–water partition coefficient (Wildman–Crippen LogP) is 7.95. The molecule has 0 fully saturated rings. The van der Waals surface area contributed by atoms with Crippen molar-refractivity contribution >= 4 is 44.0 Å². The lowest BCUT2D eigenvalue weighted by molar-refractivity contribution is 0.914. The van der Waals surface area contributed by atoms with Gasteiger partial charge in [-0.25, -0.2) is 15.0 Å². The molecule has 1 N–H and O–H groups in total. The highest BCUT2D eigenvalue weighted by Gasteiger charge is 2.19. The van der Waals surface area contributed by atoms with Crippen LogP contribution >= 0.6 is 0 Å². The monoisotopic (exact) mass is 527 g/mol. The van der Waals surface area contributed by atoms with Crippen molar-refractivity contribution in [2.24, 2.45) is 0 Å². The molecule has 1 aliphatic heterocycles. The zero-order chi connectivity index (χ0) is 27.2. The van der Waals surface area contributed by atoms with Crippen LogP contribution in [0.3, 0.4) is 0 Å². The molecule has 0 saturated carbocycles. The number of hydrogen-bond donors (Lipinski definition) is 1. The largest absolute Gasteiger partial charge is 0.367 e. The Bertz CT molecular complexity index is 2080. The van der Waals surface area contributed by atoms with Crippen LogP contribution in [0.15, 0.2) is 133 Å². The van der Waals surface area contributed by atoms with Crippen LogP contribution in [0.4, 0.5) is 0 Å². The van der Waals surface area contributed by atoms with Crippen LogP contribution in [0, 0.1) is 0 Å². The molecule has 2 aromatic heterocycles. The molecule has 41 heavy (non-hydrogen) atoms. The van der Waals surface area contributed by atoms with Crippen molar-refractivity contribution in [2.75, 3.05) is 6.54 Å². The molecular formula is C36H25N5. The van der Waals surface area contributed by atoms with Crippen molar-refractivity contribution in [1.82, 2.24) is 24.8 Å². The number of rotatable bonds is 4. The first-order valence-corrected chi connectivity index (χ1v) is 13.8. The minimum absolute atomic E-state index is 0.597. The van der Waals surface area contributed by atoms with Gasteiger partial charge in [0.15, 0.2) is 17.5 Å². The second kappa shape index (κ2) is 9.57. The summed E-state index contributed by atoms with van der Waals surface area (Å²) in [4.78, 5) is 14.6. The van der Waals surface area contributed by atoms with E-state index in [1.54, 1.807) is 0 Å². The van der Waals surface area contributed by atoms with Gasteiger partial charge in [-0.05, 0) is 41.1 Å². The third-order valence-corrected chi connectivity index (χ3v) is 7.67. The average Bonchev–Trinajstić information content (AvgIpc) is 3.37. The summed E-state index contributed by atoms with van der Waals surface area (Å²) in [5.74, 6) is 3.03. The van der Waals surface area contributed by atoms with Gasteiger partial charge in [0.05, 0.1) is 11.0 Å². The standard InChI is InChI=1S/C36H25N5/c1-3-11-24(12-4-1)34-38-35(25-13-5-2-6-14-25)40-36(39-34)28-19-20-33(37-23-28)41-31-18-10-9-17-29(31)30-21-26-15-7-8-16-27(26)22-32(30)41/h1-22,37H,23H2. The number of aromatic nitrogens is 4. The van der Waals surface area contributed by atoms with Crippen LogP contribution in [-0.2, 0) is 0 Å². The third-order valence-electron chi connectivity index (χ3n) is 7.67. The molecule has 5 heteroatoms. The van der Waals surface area contributed by atoms with Gasteiger partial charge in [-0.2, -0.15) is 0 Å². The molecule has 8 rings (SSSR count). The molecule has 5 nitrogen and oxygen atoms in total. The Labute approximate surface area is 237 Å². The Balaban J connectivity index is 1.27. The quantitative estimate of drug-likeness (QED) is 0.252. The summed E-state index contributed by atoms with van der Waals surface area (Å²) >= 11 is 0. The number of allylic oxidation sites excluding steroid dienone is 2. The number of dihydropyridines is 1. The van der Waals surface area contributed by atoms with E-state index in [2.05, 4.69) is 82.7 Å². The maximum absolute atomic E-state index is 4.91. The van der Waals surface area contributed by atoms with Crippen molar-refractivity contribution in [2.45, 2.75) is 0 Å². The van der Waals surface area contributed by atoms with Crippen LogP contribution in [-0.4, -0.2) is 26.1 Å². The normalized spacial score (nSPS) is 13.3. The molecule has 5 aromatic carbocycles. The van der Waals surface area contributed by atoms with E-state index in [1.165, 1.54) is 32.6 Å². The van der Waals surface area contributed by atoms with E-state index in [9.17, 15) is 0 Å². The lowest BCUT2D eigenvalue weighted by atomic mass is 10.1. The van der Waals surface area contributed by atoms with Crippen LogP contribution in [0.1, 0.15) is 5.82 Å². The highest BCUT2D eigenvalue weighted by Crippen LogP contribution is 2.35. The van der Waals surface area contributed by atoms with Crippen LogP contribution in [0.5, 0.6) is 0 Å². The number of nitrogens with zero attached hydrogens (tertiary/aromatic N) is 4. The fourth-order valence-corrected chi connectivity index (χ4v) is 5.66. The smallest absolute Gasteiger partial charge is 0.164 e. The van der Waals surface area contributed by atoms with Gasteiger partial charge in [0, 0.05) is 34.0 Å². The minimum atomic E-state index is 0.597. The van der Waals surface area contributed by atoms with Crippen molar-refractivity contribution < 1.29 is 0 Å². The molecule has 194 valence electrons. The maximum atomic E-state index is 4.91. The van der Waals surface area contributed by atoms with E-state index in [0.29, 0.717) is 24.0 Å². The number of hydrogen-bond acceptors (Lipinski definition) is 4. The van der Waals surface area contributed by atoms with Gasteiger partial charge in [-0.1, -0.05) is 103 Å². The lowest BCUT2D eigenvalue weighted by Crippen LogP contribution is -2.23. The number of para-hydroxylation sites is 1. The van der Waals surface area contributed by atoms with Gasteiger partial charge < -0.3 is 5.32 Å². The van der Waals surface area contributed by atoms with E-state index in [0.717, 1.165) is 22.5 Å². The summed E-state index contributed by atoms with van der Waals surface area (Å²) in [5.41, 5.74) is 5.29. The Hall–Kier alpha value is -5.55. The molecule has 7 aromatic rings. The lowest BCUT2D eigenvalue weighted by Gasteiger charge is -2.20. The Kier molecular flexibility index (Phi) is 5.45.